The predicted molar refractivity (Wildman–Crippen MR) is 107 cm³/mol. The predicted octanol–water partition coefficient (Wildman–Crippen LogP) is 6.51. The highest BCUT2D eigenvalue weighted by Gasteiger charge is 2.43. The normalized spacial score (nSPS) is 47.3. The van der Waals surface area contributed by atoms with Crippen LogP contribution in [0.25, 0.3) is 0 Å². The zero-order valence-corrected chi connectivity index (χ0v) is 17.3. The Balaban J connectivity index is 1.33. The first-order chi connectivity index (χ1) is 12.7. The first-order valence-corrected chi connectivity index (χ1v) is 12.0. The molecule has 0 radical (unpaired) electrons. The van der Waals surface area contributed by atoms with Crippen LogP contribution in [0.5, 0.6) is 0 Å². The molecule has 0 spiro atoms. The summed E-state index contributed by atoms with van der Waals surface area (Å²) >= 11 is 0. The molecule has 0 saturated heterocycles. The van der Waals surface area contributed by atoms with Crippen LogP contribution in [-0.4, -0.2) is 24.4 Å². The van der Waals surface area contributed by atoms with E-state index in [0.717, 1.165) is 23.7 Å². The second kappa shape index (κ2) is 8.95. The van der Waals surface area contributed by atoms with Crippen LogP contribution in [0.4, 0.5) is 0 Å². The van der Waals surface area contributed by atoms with Gasteiger partial charge in [0.25, 0.3) is 0 Å². The van der Waals surface area contributed by atoms with E-state index in [9.17, 15) is 0 Å². The van der Waals surface area contributed by atoms with Gasteiger partial charge in [0.1, 0.15) is 0 Å². The molecule has 4 fully saturated rings. The highest BCUT2D eigenvalue weighted by Crippen LogP contribution is 2.45. The van der Waals surface area contributed by atoms with Crippen molar-refractivity contribution in [2.24, 2.45) is 23.7 Å². The third-order valence-corrected chi connectivity index (χ3v) is 8.23. The Labute approximate surface area is 161 Å². The molecule has 4 rings (SSSR count). The Hall–Kier alpha value is -0.0800. The SMILES string of the molecule is CC1CCC(OC2CCC(OC3CCC(C)CC3)C3CCCCC23)CC1. The first kappa shape index (κ1) is 19.2. The van der Waals surface area contributed by atoms with Crippen molar-refractivity contribution < 1.29 is 9.47 Å². The lowest BCUT2D eigenvalue weighted by molar-refractivity contribution is -0.156. The van der Waals surface area contributed by atoms with Crippen LogP contribution in [0.3, 0.4) is 0 Å². The highest BCUT2D eigenvalue weighted by molar-refractivity contribution is 4.93. The average molecular weight is 363 g/mol. The van der Waals surface area contributed by atoms with Crippen molar-refractivity contribution in [3.63, 3.8) is 0 Å². The highest BCUT2D eigenvalue weighted by atomic mass is 16.5. The summed E-state index contributed by atoms with van der Waals surface area (Å²) < 4.78 is 13.5. The van der Waals surface area contributed by atoms with E-state index in [-0.39, 0.29) is 0 Å². The van der Waals surface area contributed by atoms with Gasteiger partial charge in [0.2, 0.25) is 0 Å². The molecule has 2 heteroatoms. The summed E-state index contributed by atoms with van der Waals surface area (Å²) in [5.41, 5.74) is 0. The molecule has 26 heavy (non-hydrogen) atoms. The van der Waals surface area contributed by atoms with Crippen molar-refractivity contribution >= 4 is 0 Å². The minimum absolute atomic E-state index is 0.532. The van der Waals surface area contributed by atoms with E-state index in [0.29, 0.717) is 24.4 Å². The van der Waals surface area contributed by atoms with Gasteiger partial charge in [-0.2, -0.15) is 0 Å². The Kier molecular flexibility index (Phi) is 6.62. The first-order valence-electron chi connectivity index (χ1n) is 12.0. The topological polar surface area (TPSA) is 18.5 Å². The molecule has 0 bridgehead atoms. The van der Waals surface area contributed by atoms with E-state index in [1.54, 1.807) is 0 Å². The van der Waals surface area contributed by atoms with Crippen molar-refractivity contribution in [2.45, 2.75) is 128 Å². The maximum atomic E-state index is 6.75. The van der Waals surface area contributed by atoms with Gasteiger partial charge in [-0.3, -0.25) is 0 Å². The standard InChI is InChI=1S/C24H42O2/c1-17-7-11-19(12-8-17)25-23-15-16-24(22-6-4-3-5-21(22)23)26-20-13-9-18(2)10-14-20/h17-24H,3-16H2,1-2H3. The summed E-state index contributed by atoms with van der Waals surface area (Å²) in [6.45, 7) is 4.81. The Morgan fingerprint density at radius 3 is 1.23 bits per heavy atom. The summed E-state index contributed by atoms with van der Waals surface area (Å²) in [6, 6.07) is 0. The maximum absolute atomic E-state index is 6.75. The van der Waals surface area contributed by atoms with E-state index in [1.165, 1.54) is 89.9 Å². The molecule has 0 heterocycles. The summed E-state index contributed by atoms with van der Waals surface area (Å²) in [6.07, 6.45) is 21.0. The molecule has 2 nitrogen and oxygen atoms in total. The van der Waals surface area contributed by atoms with Gasteiger partial charge in [-0.25, -0.2) is 0 Å². The monoisotopic (exact) mass is 362 g/mol. The van der Waals surface area contributed by atoms with E-state index < -0.39 is 0 Å². The van der Waals surface area contributed by atoms with Crippen molar-refractivity contribution in [3.05, 3.63) is 0 Å². The lowest BCUT2D eigenvalue weighted by atomic mass is 9.67. The third kappa shape index (κ3) is 4.66. The third-order valence-electron chi connectivity index (χ3n) is 8.23. The van der Waals surface area contributed by atoms with Crippen LogP contribution in [0, 0.1) is 23.7 Å². The zero-order chi connectivity index (χ0) is 17.9. The maximum Gasteiger partial charge on any atom is 0.0611 e. The quantitative estimate of drug-likeness (QED) is 0.567. The fourth-order valence-corrected chi connectivity index (χ4v) is 6.43. The summed E-state index contributed by atoms with van der Waals surface area (Å²) in [7, 11) is 0. The van der Waals surface area contributed by atoms with Crippen LogP contribution in [0.2, 0.25) is 0 Å². The fourth-order valence-electron chi connectivity index (χ4n) is 6.43. The Bertz CT molecular complexity index is 380. The second-order valence-electron chi connectivity index (χ2n) is 10.3. The van der Waals surface area contributed by atoms with Crippen LogP contribution in [0.1, 0.15) is 104 Å². The van der Waals surface area contributed by atoms with Gasteiger partial charge in [-0.1, -0.05) is 26.7 Å². The van der Waals surface area contributed by atoms with Gasteiger partial charge in [0, 0.05) is 0 Å². The van der Waals surface area contributed by atoms with Gasteiger partial charge >= 0.3 is 0 Å². The van der Waals surface area contributed by atoms with Crippen molar-refractivity contribution in [3.8, 4) is 0 Å². The van der Waals surface area contributed by atoms with Crippen LogP contribution in [0.15, 0.2) is 0 Å². The molecule has 4 unspecified atom stereocenters. The molecule has 4 aliphatic rings. The molecule has 150 valence electrons. The van der Waals surface area contributed by atoms with Gasteiger partial charge in [0.05, 0.1) is 24.4 Å². The second-order valence-corrected chi connectivity index (χ2v) is 10.3. The molecule has 0 aromatic carbocycles. The molecular formula is C24H42O2. The number of ether oxygens (including phenoxy) is 2. The van der Waals surface area contributed by atoms with Crippen molar-refractivity contribution in [2.75, 3.05) is 0 Å². The number of fused-ring (bicyclic) bond motifs is 1. The Morgan fingerprint density at radius 1 is 0.462 bits per heavy atom. The minimum Gasteiger partial charge on any atom is -0.375 e. The molecular weight excluding hydrogens is 320 g/mol. The number of rotatable bonds is 4. The number of hydrogen-bond donors (Lipinski definition) is 0. The van der Waals surface area contributed by atoms with Gasteiger partial charge in [-0.15, -0.1) is 0 Å². The molecule has 4 saturated carbocycles. The van der Waals surface area contributed by atoms with Gasteiger partial charge in [0.15, 0.2) is 0 Å². The molecule has 4 aliphatic carbocycles. The molecule has 0 aliphatic heterocycles. The van der Waals surface area contributed by atoms with E-state index in [4.69, 9.17) is 9.47 Å². The summed E-state index contributed by atoms with van der Waals surface area (Å²) in [5, 5.41) is 0. The Morgan fingerprint density at radius 2 is 0.846 bits per heavy atom. The summed E-state index contributed by atoms with van der Waals surface area (Å²) in [5.74, 6) is 3.40. The largest absolute Gasteiger partial charge is 0.375 e. The molecule has 0 aromatic heterocycles. The molecule has 0 amide bonds. The number of hydrogen-bond acceptors (Lipinski definition) is 2. The van der Waals surface area contributed by atoms with Gasteiger partial charge in [-0.05, 0) is 101 Å². The van der Waals surface area contributed by atoms with E-state index in [2.05, 4.69) is 13.8 Å². The van der Waals surface area contributed by atoms with Crippen LogP contribution < -0.4 is 0 Å². The average Bonchev–Trinajstić information content (AvgIpc) is 2.67. The lowest BCUT2D eigenvalue weighted by Gasteiger charge is -2.47. The smallest absolute Gasteiger partial charge is 0.0611 e. The van der Waals surface area contributed by atoms with Crippen LogP contribution in [-0.2, 0) is 9.47 Å². The molecule has 0 aromatic rings. The fraction of sp³-hybridized carbons (Fsp3) is 1.00. The lowest BCUT2D eigenvalue weighted by Crippen LogP contribution is -2.47. The summed E-state index contributed by atoms with van der Waals surface area (Å²) in [4.78, 5) is 0. The van der Waals surface area contributed by atoms with E-state index in [1.807, 2.05) is 0 Å². The van der Waals surface area contributed by atoms with Crippen molar-refractivity contribution in [1.29, 1.82) is 0 Å². The van der Waals surface area contributed by atoms with E-state index >= 15 is 0 Å². The van der Waals surface area contributed by atoms with Crippen molar-refractivity contribution in [1.82, 2.24) is 0 Å². The van der Waals surface area contributed by atoms with Gasteiger partial charge < -0.3 is 9.47 Å². The minimum atomic E-state index is 0.532. The molecule has 4 atom stereocenters. The molecule has 0 N–H and O–H groups in total. The zero-order valence-electron chi connectivity index (χ0n) is 17.3. The van der Waals surface area contributed by atoms with Crippen LogP contribution >= 0.6 is 0 Å².